The molecule has 1 saturated carbocycles. The maximum absolute atomic E-state index is 12.5. The third-order valence-corrected chi connectivity index (χ3v) is 5.96. The van der Waals surface area contributed by atoms with Crippen LogP contribution in [0.2, 0.25) is 0 Å². The van der Waals surface area contributed by atoms with E-state index in [1.54, 1.807) is 4.90 Å². The van der Waals surface area contributed by atoms with Crippen molar-refractivity contribution in [2.75, 3.05) is 26.2 Å². The number of benzene rings is 1. The number of amides is 2. The minimum atomic E-state index is -1.18. The van der Waals surface area contributed by atoms with Crippen molar-refractivity contribution in [2.45, 2.75) is 57.2 Å². The van der Waals surface area contributed by atoms with E-state index in [1.165, 1.54) is 25.7 Å². The molecule has 1 heterocycles. The lowest BCUT2D eigenvalue weighted by molar-refractivity contribution is -0.140. The summed E-state index contributed by atoms with van der Waals surface area (Å²) in [4.78, 5) is 40.2. The summed E-state index contributed by atoms with van der Waals surface area (Å²) in [5.74, 6) is -1.24. The van der Waals surface area contributed by atoms with Crippen LogP contribution in [-0.2, 0) is 20.9 Å². The van der Waals surface area contributed by atoms with Crippen LogP contribution in [0.15, 0.2) is 30.3 Å². The molecule has 1 saturated heterocycles. The van der Waals surface area contributed by atoms with Gasteiger partial charge < -0.3 is 20.1 Å². The van der Waals surface area contributed by atoms with E-state index < -0.39 is 18.1 Å². The van der Waals surface area contributed by atoms with E-state index in [2.05, 4.69) is 10.2 Å². The number of carboxylic acid groups (broad SMARTS) is 1. The molecule has 2 aliphatic rings. The minimum Gasteiger partial charge on any atom is -0.480 e. The zero-order chi connectivity index (χ0) is 21.3. The van der Waals surface area contributed by atoms with Gasteiger partial charge in [-0.1, -0.05) is 43.2 Å². The molecule has 1 aliphatic carbocycles. The SMILES string of the molecule is O=C(N[C@@H](CCC(=O)N1CCN(C2CCCC2)CC1)C(=O)O)OCc1ccccc1. The summed E-state index contributed by atoms with van der Waals surface area (Å²) in [6.45, 7) is 3.17. The number of carbonyl (C=O) groups excluding carboxylic acids is 2. The largest absolute Gasteiger partial charge is 0.480 e. The number of piperazine rings is 1. The maximum Gasteiger partial charge on any atom is 0.408 e. The summed E-state index contributed by atoms with van der Waals surface area (Å²) >= 11 is 0. The van der Waals surface area contributed by atoms with Gasteiger partial charge in [-0.15, -0.1) is 0 Å². The molecule has 1 aromatic rings. The van der Waals surface area contributed by atoms with Gasteiger partial charge in [-0.2, -0.15) is 0 Å². The first-order chi connectivity index (χ1) is 14.5. The Labute approximate surface area is 177 Å². The zero-order valence-electron chi connectivity index (χ0n) is 17.3. The second kappa shape index (κ2) is 11.0. The lowest BCUT2D eigenvalue weighted by atomic mass is 10.1. The topological polar surface area (TPSA) is 99.2 Å². The van der Waals surface area contributed by atoms with Crippen molar-refractivity contribution in [1.29, 1.82) is 0 Å². The molecule has 30 heavy (non-hydrogen) atoms. The molecule has 2 amide bonds. The highest BCUT2D eigenvalue weighted by atomic mass is 16.5. The number of hydrogen-bond donors (Lipinski definition) is 2. The van der Waals surface area contributed by atoms with Crippen molar-refractivity contribution in [1.82, 2.24) is 15.1 Å². The summed E-state index contributed by atoms with van der Waals surface area (Å²) < 4.78 is 5.08. The van der Waals surface area contributed by atoms with Crippen molar-refractivity contribution < 1.29 is 24.2 Å². The third-order valence-electron chi connectivity index (χ3n) is 5.96. The van der Waals surface area contributed by atoms with E-state index in [4.69, 9.17) is 4.74 Å². The smallest absolute Gasteiger partial charge is 0.408 e. The van der Waals surface area contributed by atoms with Crippen LogP contribution >= 0.6 is 0 Å². The van der Waals surface area contributed by atoms with Crippen LogP contribution in [0.5, 0.6) is 0 Å². The molecule has 2 fully saturated rings. The summed E-state index contributed by atoms with van der Waals surface area (Å²) in [6, 6.07) is 8.64. The molecular formula is C22H31N3O5. The molecule has 164 valence electrons. The van der Waals surface area contributed by atoms with E-state index >= 15 is 0 Å². The Morgan fingerprint density at radius 3 is 2.37 bits per heavy atom. The normalized spacial score (nSPS) is 18.7. The number of nitrogens with zero attached hydrogens (tertiary/aromatic N) is 2. The first kappa shape index (κ1) is 22.1. The molecule has 1 aliphatic heterocycles. The molecule has 3 rings (SSSR count). The van der Waals surface area contributed by atoms with Crippen LogP contribution in [0.3, 0.4) is 0 Å². The molecule has 2 N–H and O–H groups in total. The predicted molar refractivity (Wildman–Crippen MR) is 111 cm³/mol. The van der Waals surface area contributed by atoms with Gasteiger partial charge in [-0.3, -0.25) is 9.69 Å². The monoisotopic (exact) mass is 417 g/mol. The third kappa shape index (κ3) is 6.45. The fourth-order valence-electron chi connectivity index (χ4n) is 4.20. The Bertz CT molecular complexity index is 713. The fourth-order valence-corrected chi connectivity index (χ4v) is 4.20. The molecule has 0 bridgehead atoms. The average Bonchev–Trinajstić information content (AvgIpc) is 3.30. The zero-order valence-corrected chi connectivity index (χ0v) is 17.3. The Morgan fingerprint density at radius 1 is 1.07 bits per heavy atom. The van der Waals surface area contributed by atoms with Crippen molar-refractivity contribution in [2.24, 2.45) is 0 Å². The fraction of sp³-hybridized carbons (Fsp3) is 0.591. The lowest BCUT2D eigenvalue weighted by Crippen LogP contribution is -2.51. The number of carboxylic acids is 1. The predicted octanol–water partition coefficient (Wildman–Crippen LogP) is 2.23. The Kier molecular flexibility index (Phi) is 8.07. The van der Waals surface area contributed by atoms with Crippen LogP contribution in [0.25, 0.3) is 0 Å². The van der Waals surface area contributed by atoms with E-state index in [0.717, 1.165) is 18.7 Å². The molecular weight excluding hydrogens is 386 g/mol. The number of ether oxygens (including phenoxy) is 1. The molecule has 0 unspecified atom stereocenters. The highest BCUT2D eigenvalue weighted by Gasteiger charge is 2.29. The first-order valence-corrected chi connectivity index (χ1v) is 10.7. The average molecular weight is 418 g/mol. The molecule has 0 spiro atoms. The van der Waals surface area contributed by atoms with Gasteiger partial charge in [0.1, 0.15) is 12.6 Å². The molecule has 0 aromatic heterocycles. The van der Waals surface area contributed by atoms with Crippen LogP contribution in [0.1, 0.15) is 44.1 Å². The van der Waals surface area contributed by atoms with Crippen LogP contribution in [0, 0.1) is 0 Å². The number of hydrogen-bond acceptors (Lipinski definition) is 5. The van der Waals surface area contributed by atoms with E-state index in [1.807, 2.05) is 30.3 Å². The molecule has 1 atom stereocenters. The Balaban J connectivity index is 1.39. The van der Waals surface area contributed by atoms with Crippen LogP contribution < -0.4 is 5.32 Å². The van der Waals surface area contributed by atoms with Crippen molar-refractivity contribution in [3.63, 3.8) is 0 Å². The van der Waals surface area contributed by atoms with Crippen molar-refractivity contribution in [3.8, 4) is 0 Å². The molecule has 0 radical (unpaired) electrons. The second-order valence-electron chi connectivity index (χ2n) is 7.99. The summed E-state index contributed by atoms with van der Waals surface area (Å²) in [7, 11) is 0. The van der Waals surface area contributed by atoms with Gasteiger partial charge >= 0.3 is 12.1 Å². The Hall–Kier alpha value is -2.61. The quantitative estimate of drug-likeness (QED) is 0.673. The van der Waals surface area contributed by atoms with Gasteiger partial charge in [0.25, 0.3) is 0 Å². The van der Waals surface area contributed by atoms with E-state index in [0.29, 0.717) is 19.1 Å². The molecule has 1 aromatic carbocycles. The van der Waals surface area contributed by atoms with Gasteiger partial charge in [0, 0.05) is 38.6 Å². The van der Waals surface area contributed by atoms with Gasteiger partial charge in [0.15, 0.2) is 0 Å². The van der Waals surface area contributed by atoms with Crippen LogP contribution in [0.4, 0.5) is 4.79 Å². The molecule has 8 heteroatoms. The number of carbonyl (C=O) groups is 3. The maximum atomic E-state index is 12.5. The first-order valence-electron chi connectivity index (χ1n) is 10.7. The van der Waals surface area contributed by atoms with E-state index in [9.17, 15) is 19.5 Å². The van der Waals surface area contributed by atoms with Gasteiger partial charge in [-0.05, 0) is 24.8 Å². The lowest BCUT2D eigenvalue weighted by Gasteiger charge is -2.38. The Morgan fingerprint density at radius 2 is 1.73 bits per heavy atom. The van der Waals surface area contributed by atoms with Gasteiger partial charge in [-0.25, -0.2) is 9.59 Å². The number of rotatable bonds is 8. The summed E-state index contributed by atoms with van der Waals surface area (Å²) in [6.07, 6.45) is 4.41. The highest BCUT2D eigenvalue weighted by Crippen LogP contribution is 2.24. The van der Waals surface area contributed by atoms with E-state index in [-0.39, 0.29) is 25.4 Å². The molecule has 8 nitrogen and oxygen atoms in total. The minimum absolute atomic E-state index is 0.0391. The highest BCUT2D eigenvalue weighted by molar-refractivity contribution is 5.81. The summed E-state index contributed by atoms with van der Waals surface area (Å²) in [5.41, 5.74) is 0.812. The standard InChI is InChI=1S/C22H31N3O5/c26-20(25-14-12-24(13-15-25)18-8-4-5-9-18)11-10-19(21(27)28)23-22(29)30-16-17-6-2-1-3-7-17/h1-3,6-7,18-19H,4-5,8-16H2,(H,23,29)(H,27,28)/t19-/m0/s1. The second-order valence-corrected chi connectivity index (χ2v) is 7.99. The van der Waals surface area contributed by atoms with Gasteiger partial charge in [0.2, 0.25) is 5.91 Å². The summed E-state index contributed by atoms with van der Waals surface area (Å²) in [5, 5.41) is 11.7. The number of alkyl carbamates (subject to hydrolysis) is 1. The van der Waals surface area contributed by atoms with Crippen molar-refractivity contribution in [3.05, 3.63) is 35.9 Å². The number of nitrogens with one attached hydrogen (secondary N) is 1. The van der Waals surface area contributed by atoms with Crippen molar-refractivity contribution >= 4 is 18.0 Å². The van der Waals surface area contributed by atoms with Gasteiger partial charge in [0.05, 0.1) is 0 Å². The number of aliphatic carboxylic acids is 1. The van der Waals surface area contributed by atoms with Crippen LogP contribution in [-0.4, -0.2) is 71.1 Å².